The van der Waals surface area contributed by atoms with Gasteiger partial charge in [0.05, 0.1) is 0 Å². The molecule has 0 aliphatic rings. The molecule has 0 saturated carbocycles. The summed E-state index contributed by atoms with van der Waals surface area (Å²) in [5.74, 6) is 0.577. The van der Waals surface area contributed by atoms with Gasteiger partial charge in [0.1, 0.15) is 5.75 Å². The lowest BCUT2D eigenvalue weighted by Gasteiger charge is -2.17. The topological polar surface area (TPSA) is 21.3 Å². The first-order valence-corrected chi connectivity index (χ1v) is 6.47. The Morgan fingerprint density at radius 1 is 1.05 bits per heavy atom. The first-order valence-electron chi connectivity index (χ1n) is 6.47. The molecule has 0 radical (unpaired) electrons. The van der Waals surface area contributed by atoms with E-state index < -0.39 is 0 Å². The van der Waals surface area contributed by atoms with E-state index in [0.717, 1.165) is 12.1 Å². The van der Waals surface area contributed by atoms with E-state index in [1.165, 1.54) is 6.07 Å². The van der Waals surface area contributed by atoms with Crippen molar-refractivity contribution in [1.29, 1.82) is 0 Å². The molecule has 0 bridgehead atoms. The summed E-state index contributed by atoms with van der Waals surface area (Å²) in [6.45, 7) is 4.99. The minimum absolute atomic E-state index is 0.160. The second kappa shape index (κ2) is 6.34. The molecule has 0 aromatic heterocycles. The minimum atomic E-state index is -0.353. The predicted octanol–water partition coefficient (Wildman–Crippen LogP) is 4.29. The monoisotopic (exact) mass is 259 g/mol. The van der Waals surface area contributed by atoms with Gasteiger partial charge in [-0.25, -0.2) is 4.39 Å². The van der Waals surface area contributed by atoms with Crippen molar-refractivity contribution < 1.29 is 9.13 Å². The van der Waals surface area contributed by atoms with Gasteiger partial charge in [-0.15, -0.1) is 0 Å². The molecule has 0 amide bonds. The number of nitrogens with one attached hydrogen (secondary N) is 1. The lowest BCUT2D eigenvalue weighted by molar-refractivity contribution is 0.430. The number of hydrogen-bond acceptors (Lipinski definition) is 2. The highest BCUT2D eigenvalue weighted by Crippen LogP contribution is 2.30. The first kappa shape index (κ1) is 13.6. The summed E-state index contributed by atoms with van der Waals surface area (Å²) in [4.78, 5) is 0. The zero-order chi connectivity index (χ0) is 13.7. The molecule has 19 heavy (non-hydrogen) atoms. The van der Waals surface area contributed by atoms with Gasteiger partial charge in [0.25, 0.3) is 0 Å². The van der Waals surface area contributed by atoms with Crippen molar-refractivity contribution in [2.24, 2.45) is 0 Å². The van der Waals surface area contributed by atoms with Crippen LogP contribution in [0.5, 0.6) is 11.5 Å². The summed E-state index contributed by atoms with van der Waals surface area (Å²) in [6, 6.07) is 14.3. The van der Waals surface area contributed by atoms with E-state index in [1.54, 1.807) is 18.2 Å². The van der Waals surface area contributed by atoms with Gasteiger partial charge in [0, 0.05) is 11.6 Å². The standard InChI is InChI=1S/C16H18FNO/c1-3-18-12(2)13-8-4-6-10-15(13)19-16-11-7-5-9-14(16)17/h4-12,18H,3H2,1-2H3. The molecule has 1 N–H and O–H groups in total. The normalized spacial score (nSPS) is 12.2. The van der Waals surface area contributed by atoms with Gasteiger partial charge in [-0.2, -0.15) is 0 Å². The predicted molar refractivity (Wildman–Crippen MR) is 75.0 cm³/mol. The van der Waals surface area contributed by atoms with E-state index in [-0.39, 0.29) is 17.6 Å². The van der Waals surface area contributed by atoms with Crippen LogP contribution < -0.4 is 10.1 Å². The molecule has 2 rings (SSSR count). The Kier molecular flexibility index (Phi) is 4.53. The molecule has 100 valence electrons. The number of benzene rings is 2. The van der Waals surface area contributed by atoms with Crippen molar-refractivity contribution in [3.63, 3.8) is 0 Å². The van der Waals surface area contributed by atoms with Gasteiger partial charge in [-0.3, -0.25) is 0 Å². The zero-order valence-electron chi connectivity index (χ0n) is 11.2. The molecule has 0 aliphatic heterocycles. The van der Waals surface area contributed by atoms with E-state index in [0.29, 0.717) is 5.75 Å². The van der Waals surface area contributed by atoms with Crippen LogP contribution in [0.2, 0.25) is 0 Å². The quantitative estimate of drug-likeness (QED) is 0.865. The Balaban J connectivity index is 2.28. The third kappa shape index (κ3) is 3.32. The Morgan fingerprint density at radius 3 is 2.37 bits per heavy atom. The first-order chi connectivity index (χ1) is 9.22. The van der Waals surface area contributed by atoms with Crippen LogP contribution in [0.1, 0.15) is 25.5 Å². The van der Waals surface area contributed by atoms with Gasteiger partial charge >= 0.3 is 0 Å². The molecule has 1 atom stereocenters. The van der Waals surface area contributed by atoms with Crippen molar-refractivity contribution >= 4 is 0 Å². The van der Waals surface area contributed by atoms with E-state index in [9.17, 15) is 4.39 Å². The maximum atomic E-state index is 13.6. The highest BCUT2D eigenvalue weighted by Gasteiger charge is 2.12. The van der Waals surface area contributed by atoms with Crippen LogP contribution >= 0.6 is 0 Å². The molecule has 2 aromatic rings. The SMILES string of the molecule is CCNC(C)c1ccccc1Oc1ccccc1F. The Bertz CT molecular complexity index is 542. The molecule has 2 aromatic carbocycles. The van der Waals surface area contributed by atoms with Crippen LogP contribution in [0, 0.1) is 5.82 Å². The molecule has 0 heterocycles. The molecular weight excluding hydrogens is 241 g/mol. The van der Waals surface area contributed by atoms with E-state index in [2.05, 4.69) is 19.2 Å². The zero-order valence-corrected chi connectivity index (χ0v) is 11.2. The largest absolute Gasteiger partial charge is 0.454 e. The Hall–Kier alpha value is -1.87. The molecule has 0 spiro atoms. The minimum Gasteiger partial charge on any atom is -0.454 e. The lowest BCUT2D eigenvalue weighted by atomic mass is 10.1. The van der Waals surface area contributed by atoms with Crippen LogP contribution in [0.25, 0.3) is 0 Å². The maximum absolute atomic E-state index is 13.6. The van der Waals surface area contributed by atoms with Crippen LogP contribution in [-0.2, 0) is 0 Å². The number of halogens is 1. The van der Waals surface area contributed by atoms with Gasteiger partial charge in [-0.1, -0.05) is 37.3 Å². The van der Waals surface area contributed by atoms with Gasteiger partial charge in [-0.05, 0) is 31.7 Å². The molecule has 0 fully saturated rings. The van der Waals surface area contributed by atoms with Crippen LogP contribution in [0.4, 0.5) is 4.39 Å². The average molecular weight is 259 g/mol. The molecule has 1 unspecified atom stereocenters. The van der Waals surface area contributed by atoms with Crippen molar-refractivity contribution in [2.75, 3.05) is 6.54 Å². The second-order valence-electron chi connectivity index (χ2n) is 4.35. The van der Waals surface area contributed by atoms with Gasteiger partial charge in [0.15, 0.2) is 11.6 Å². The fraction of sp³-hybridized carbons (Fsp3) is 0.250. The third-order valence-electron chi connectivity index (χ3n) is 2.95. The fourth-order valence-electron chi connectivity index (χ4n) is 1.99. The van der Waals surface area contributed by atoms with Crippen molar-refractivity contribution in [3.8, 4) is 11.5 Å². The van der Waals surface area contributed by atoms with Crippen LogP contribution in [0.15, 0.2) is 48.5 Å². The number of para-hydroxylation sites is 2. The summed E-state index contributed by atoms with van der Waals surface area (Å²) < 4.78 is 19.3. The highest BCUT2D eigenvalue weighted by atomic mass is 19.1. The Labute approximate surface area is 113 Å². The smallest absolute Gasteiger partial charge is 0.165 e. The fourth-order valence-corrected chi connectivity index (χ4v) is 1.99. The number of rotatable bonds is 5. The molecule has 3 heteroatoms. The van der Waals surface area contributed by atoms with Crippen molar-refractivity contribution in [2.45, 2.75) is 19.9 Å². The number of hydrogen-bond donors (Lipinski definition) is 1. The molecular formula is C16H18FNO. The van der Waals surface area contributed by atoms with Gasteiger partial charge < -0.3 is 10.1 Å². The summed E-state index contributed by atoms with van der Waals surface area (Å²) in [5.41, 5.74) is 1.02. The third-order valence-corrected chi connectivity index (χ3v) is 2.95. The maximum Gasteiger partial charge on any atom is 0.165 e. The number of ether oxygens (including phenoxy) is 1. The van der Waals surface area contributed by atoms with E-state index in [4.69, 9.17) is 4.74 Å². The summed E-state index contributed by atoms with van der Waals surface area (Å²) in [6.07, 6.45) is 0. The van der Waals surface area contributed by atoms with Crippen LogP contribution in [-0.4, -0.2) is 6.54 Å². The summed E-state index contributed by atoms with van der Waals surface area (Å²) in [7, 11) is 0. The average Bonchev–Trinajstić information content (AvgIpc) is 2.42. The lowest BCUT2D eigenvalue weighted by Crippen LogP contribution is -2.18. The second-order valence-corrected chi connectivity index (χ2v) is 4.35. The van der Waals surface area contributed by atoms with Crippen molar-refractivity contribution in [1.82, 2.24) is 5.32 Å². The van der Waals surface area contributed by atoms with E-state index in [1.807, 2.05) is 24.3 Å². The molecule has 2 nitrogen and oxygen atoms in total. The molecule has 0 aliphatic carbocycles. The Morgan fingerprint density at radius 2 is 1.68 bits per heavy atom. The summed E-state index contributed by atoms with van der Waals surface area (Å²) in [5, 5.41) is 3.33. The summed E-state index contributed by atoms with van der Waals surface area (Å²) >= 11 is 0. The van der Waals surface area contributed by atoms with E-state index >= 15 is 0 Å². The molecule has 0 saturated heterocycles. The van der Waals surface area contributed by atoms with Crippen LogP contribution in [0.3, 0.4) is 0 Å². The van der Waals surface area contributed by atoms with Gasteiger partial charge in [0.2, 0.25) is 0 Å². The van der Waals surface area contributed by atoms with Crippen molar-refractivity contribution in [3.05, 3.63) is 59.9 Å². The highest BCUT2D eigenvalue weighted by molar-refractivity contribution is 5.39.